The van der Waals surface area contributed by atoms with Gasteiger partial charge in [0.15, 0.2) is 5.96 Å². The van der Waals surface area contributed by atoms with E-state index in [1.807, 2.05) is 20.8 Å². The predicted molar refractivity (Wildman–Crippen MR) is 123 cm³/mol. The van der Waals surface area contributed by atoms with Crippen LogP contribution in [0.5, 0.6) is 0 Å². The lowest BCUT2D eigenvalue weighted by molar-refractivity contribution is 0.0529. The SMILES string of the molecule is CN=C(NCCCN1CCN(c2ccccc2)CC1)NCCNC(=O)OC(C)(C)C. The fourth-order valence-electron chi connectivity index (χ4n) is 3.26. The molecule has 1 aliphatic rings. The van der Waals surface area contributed by atoms with Crippen LogP contribution in [0, 0.1) is 0 Å². The molecule has 0 saturated carbocycles. The fraction of sp³-hybridized carbons (Fsp3) is 0.636. The summed E-state index contributed by atoms with van der Waals surface area (Å²) >= 11 is 0. The van der Waals surface area contributed by atoms with Crippen molar-refractivity contribution < 1.29 is 9.53 Å². The van der Waals surface area contributed by atoms with Crippen LogP contribution in [0.3, 0.4) is 0 Å². The summed E-state index contributed by atoms with van der Waals surface area (Å²) in [5, 5.41) is 9.25. The van der Waals surface area contributed by atoms with E-state index in [2.05, 4.69) is 61.1 Å². The lowest BCUT2D eigenvalue weighted by atomic mass is 10.2. The number of carbonyl (C=O) groups is 1. The van der Waals surface area contributed by atoms with Crippen LogP contribution in [0.15, 0.2) is 35.3 Å². The van der Waals surface area contributed by atoms with Gasteiger partial charge >= 0.3 is 6.09 Å². The maximum Gasteiger partial charge on any atom is 0.407 e. The van der Waals surface area contributed by atoms with Crippen LogP contribution < -0.4 is 20.9 Å². The van der Waals surface area contributed by atoms with Crippen LogP contribution in [0.4, 0.5) is 10.5 Å². The van der Waals surface area contributed by atoms with Crippen LogP contribution in [0.25, 0.3) is 0 Å². The molecule has 0 spiro atoms. The first-order chi connectivity index (χ1) is 14.4. The lowest BCUT2D eigenvalue weighted by Gasteiger charge is -2.36. The molecule has 1 aromatic rings. The van der Waals surface area contributed by atoms with Crippen LogP contribution in [0.1, 0.15) is 27.2 Å². The zero-order chi connectivity index (χ0) is 21.8. The van der Waals surface area contributed by atoms with Gasteiger partial charge in [-0.2, -0.15) is 0 Å². The zero-order valence-corrected chi connectivity index (χ0v) is 18.9. The summed E-state index contributed by atoms with van der Waals surface area (Å²) < 4.78 is 5.21. The number of piperazine rings is 1. The minimum absolute atomic E-state index is 0.403. The third kappa shape index (κ3) is 9.35. The number of ether oxygens (including phenoxy) is 1. The summed E-state index contributed by atoms with van der Waals surface area (Å²) in [6.07, 6.45) is 0.655. The van der Waals surface area contributed by atoms with Crippen LogP contribution in [-0.4, -0.2) is 82.0 Å². The Balaban J connectivity index is 1.53. The highest BCUT2D eigenvalue weighted by molar-refractivity contribution is 5.79. The summed E-state index contributed by atoms with van der Waals surface area (Å²) in [4.78, 5) is 20.8. The summed E-state index contributed by atoms with van der Waals surface area (Å²) in [5.74, 6) is 0.745. The van der Waals surface area contributed by atoms with Crippen molar-refractivity contribution in [1.29, 1.82) is 0 Å². The molecule has 8 nitrogen and oxygen atoms in total. The van der Waals surface area contributed by atoms with E-state index in [1.165, 1.54) is 5.69 Å². The quantitative estimate of drug-likeness (QED) is 0.340. The lowest BCUT2D eigenvalue weighted by Crippen LogP contribution is -2.47. The summed E-state index contributed by atoms with van der Waals surface area (Å²) in [7, 11) is 1.75. The topological polar surface area (TPSA) is 81.2 Å². The molecule has 0 unspecified atom stereocenters. The molecule has 8 heteroatoms. The molecule has 0 aromatic heterocycles. The number of hydrogen-bond donors (Lipinski definition) is 3. The second-order valence-corrected chi connectivity index (χ2v) is 8.37. The normalized spacial score (nSPS) is 15.6. The van der Waals surface area contributed by atoms with Crippen molar-refractivity contribution >= 4 is 17.7 Å². The van der Waals surface area contributed by atoms with Gasteiger partial charge in [0.05, 0.1) is 0 Å². The molecular formula is C22H38N6O2. The fourth-order valence-corrected chi connectivity index (χ4v) is 3.26. The number of rotatable bonds is 8. The van der Waals surface area contributed by atoms with Crippen molar-refractivity contribution in [2.24, 2.45) is 4.99 Å². The van der Waals surface area contributed by atoms with Gasteiger partial charge in [0.25, 0.3) is 0 Å². The number of hydrogen-bond acceptors (Lipinski definition) is 5. The van der Waals surface area contributed by atoms with E-state index >= 15 is 0 Å². The average molecular weight is 419 g/mol. The molecule has 1 aromatic carbocycles. The Bertz CT molecular complexity index is 651. The molecular weight excluding hydrogens is 380 g/mol. The molecule has 30 heavy (non-hydrogen) atoms. The number of guanidine groups is 1. The Morgan fingerprint density at radius 2 is 1.63 bits per heavy atom. The van der Waals surface area contributed by atoms with Gasteiger partial charge < -0.3 is 25.6 Å². The molecule has 1 heterocycles. The van der Waals surface area contributed by atoms with E-state index in [0.29, 0.717) is 13.1 Å². The van der Waals surface area contributed by atoms with Crippen molar-refractivity contribution in [3.8, 4) is 0 Å². The second-order valence-electron chi connectivity index (χ2n) is 8.37. The van der Waals surface area contributed by atoms with Gasteiger partial charge in [-0.3, -0.25) is 9.89 Å². The Labute approximate surface area is 181 Å². The minimum atomic E-state index is -0.483. The minimum Gasteiger partial charge on any atom is -0.444 e. The first kappa shape index (κ1) is 23.8. The number of aliphatic imine (C=N–C) groups is 1. The molecule has 0 radical (unpaired) electrons. The molecule has 168 valence electrons. The highest BCUT2D eigenvalue weighted by atomic mass is 16.6. The smallest absolute Gasteiger partial charge is 0.407 e. The Kier molecular flexibility index (Phi) is 9.73. The van der Waals surface area contributed by atoms with E-state index < -0.39 is 11.7 Å². The van der Waals surface area contributed by atoms with Crippen LogP contribution in [-0.2, 0) is 4.74 Å². The van der Waals surface area contributed by atoms with Crippen molar-refractivity contribution in [1.82, 2.24) is 20.9 Å². The number of amides is 1. The number of nitrogens with zero attached hydrogens (tertiary/aromatic N) is 3. The summed E-state index contributed by atoms with van der Waals surface area (Å²) in [6, 6.07) is 10.6. The van der Waals surface area contributed by atoms with Crippen molar-refractivity contribution in [2.75, 3.05) is 64.3 Å². The molecule has 0 aliphatic carbocycles. The van der Waals surface area contributed by atoms with Gasteiger partial charge in [0.2, 0.25) is 0 Å². The number of alkyl carbamates (subject to hydrolysis) is 1. The largest absolute Gasteiger partial charge is 0.444 e. The molecule has 1 saturated heterocycles. The first-order valence-corrected chi connectivity index (χ1v) is 10.8. The van der Waals surface area contributed by atoms with Crippen LogP contribution in [0.2, 0.25) is 0 Å². The molecule has 3 N–H and O–H groups in total. The summed E-state index contributed by atoms with van der Waals surface area (Å²) in [5.41, 5.74) is 0.832. The third-order valence-corrected chi connectivity index (χ3v) is 4.75. The van der Waals surface area contributed by atoms with E-state index in [-0.39, 0.29) is 0 Å². The Morgan fingerprint density at radius 3 is 2.27 bits per heavy atom. The van der Waals surface area contributed by atoms with E-state index in [0.717, 1.165) is 51.6 Å². The first-order valence-electron chi connectivity index (χ1n) is 10.8. The molecule has 0 bridgehead atoms. The number of para-hydroxylation sites is 1. The van der Waals surface area contributed by atoms with Gasteiger partial charge in [0, 0.05) is 58.5 Å². The molecule has 1 amide bonds. The van der Waals surface area contributed by atoms with Gasteiger partial charge in [-0.25, -0.2) is 4.79 Å². The van der Waals surface area contributed by atoms with Gasteiger partial charge in [-0.15, -0.1) is 0 Å². The molecule has 0 atom stereocenters. The maximum atomic E-state index is 11.6. The average Bonchev–Trinajstić information content (AvgIpc) is 2.72. The van der Waals surface area contributed by atoms with E-state index in [4.69, 9.17) is 4.74 Å². The monoisotopic (exact) mass is 418 g/mol. The standard InChI is InChI=1S/C22H38N6O2/c1-22(2,3)30-21(29)26-13-12-25-20(23-4)24-11-8-14-27-15-17-28(18-16-27)19-9-6-5-7-10-19/h5-7,9-10H,8,11-18H2,1-4H3,(H,26,29)(H2,23,24,25). The van der Waals surface area contributed by atoms with E-state index in [1.54, 1.807) is 7.05 Å². The second kappa shape index (κ2) is 12.3. The molecule has 2 rings (SSSR count). The Hall–Kier alpha value is -2.48. The maximum absolute atomic E-state index is 11.6. The van der Waals surface area contributed by atoms with Gasteiger partial charge in [-0.1, -0.05) is 18.2 Å². The molecule has 1 fully saturated rings. The predicted octanol–water partition coefficient (Wildman–Crippen LogP) is 1.89. The number of carbonyl (C=O) groups excluding carboxylic acids is 1. The highest BCUT2D eigenvalue weighted by Gasteiger charge is 2.17. The van der Waals surface area contributed by atoms with Crippen molar-refractivity contribution in [3.05, 3.63) is 30.3 Å². The summed E-state index contributed by atoms with van der Waals surface area (Å²) in [6.45, 7) is 12.9. The highest BCUT2D eigenvalue weighted by Crippen LogP contribution is 2.15. The number of benzene rings is 1. The number of nitrogens with one attached hydrogen (secondary N) is 3. The Morgan fingerprint density at radius 1 is 1.00 bits per heavy atom. The molecule has 1 aliphatic heterocycles. The van der Waals surface area contributed by atoms with E-state index in [9.17, 15) is 4.79 Å². The van der Waals surface area contributed by atoms with Crippen LogP contribution >= 0.6 is 0 Å². The van der Waals surface area contributed by atoms with Gasteiger partial charge in [-0.05, 0) is 45.9 Å². The number of anilines is 1. The van der Waals surface area contributed by atoms with Crippen molar-refractivity contribution in [2.45, 2.75) is 32.8 Å². The zero-order valence-electron chi connectivity index (χ0n) is 18.9. The van der Waals surface area contributed by atoms with Crippen molar-refractivity contribution in [3.63, 3.8) is 0 Å². The third-order valence-electron chi connectivity index (χ3n) is 4.75. The van der Waals surface area contributed by atoms with Gasteiger partial charge in [0.1, 0.15) is 5.60 Å².